The summed E-state index contributed by atoms with van der Waals surface area (Å²) in [4.78, 5) is 11.4. The summed E-state index contributed by atoms with van der Waals surface area (Å²) in [6.07, 6.45) is 1.41. The van der Waals surface area contributed by atoms with E-state index in [4.69, 9.17) is 4.74 Å². The molecule has 0 bridgehead atoms. The maximum atomic E-state index is 11.4. The number of carbonyl (C=O) groups excluding carboxylic acids is 1. The van der Waals surface area contributed by atoms with Crippen LogP contribution >= 0.6 is 0 Å². The summed E-state index contributed by atoms with van der Waals surface area (Å²) in [6, 6.07) is -0.113. The molecule has 0 aliphatic carbocycles. The van der Waals surface area contributed by atoms with Gasteiger partial charge in [0.05, 0.1) is 12.1 Å². The Labute approximate surface area is 91.8 Å². The molecule has 1 amide bonds. The number of amides is 1. The van der Waals surface area contributed by atoms with E-state index >= 15 is 0 Å². The second-order valence-electron chi connectivity index (χ2n) is 4.15. The first-order valence-corrected chi connectivity index (χ1v) is 5.77. The molecule has 88 valence electrons. The monoisotopic (exact) mass is 214 g/mol. The molecule has 0 radical (unpaired) electrons. The van der Waals surface area contributed by atoms with Crippen molar-refractivity contribution < 1.29 is 9.53 Å². The second-order valence-corrected chi connectivity index (χ2v) is 4.15. The zero-order valence-corrected chi connectivity index (χ0v) is 9.88. The van der Waals surface area contributed by atoms with E-state index in [0.717, 1.165) is 19.6 Å². The van der Waals surface area contributed by atoms with Crippen molar-refractivity contribution in [3.63, 3.8) is 0 Å². The van der Waals surface area contributed by atoms with Crippen molar-refractivity contribution in [3.8, 4) is 0 Å². The third-order valence-corrected chi connectivity index (χ3v) is 2.96. The molecule has 15 heavy (non-hydrogen) atoms. The summed E-state index contributed by atoms with van der Waals surface area (Å²) in [6.45, 7) is 8.31. The fourth-order valence-corrected chi connectivity index (χ4v) is 1.79. The molecule has 3 unspecified atom stereocenters. The molecule has 2 N–H and O–H groups in total. The number of carbonyl (C=O) groups is 1. The molecule has 1 fully saturated rings. The molecule has 0 aromatic rings. The van der Waals surface area contributed by atoms with Gasteiger partial charge in [-0.05, 0) is 33.1 Å². The summed E-state index contributed by atoms with van der Waals surface area (Å²) >= 11 is 0. The van der Waals surface area contributed by atoms with Crippen molar-refractivity contribution in [1.29, 1.82) is 0 Å². The predicted octanol–water partition coefficient (Wildman–Crippen LogP) is 0.526. The van der Waals surface area contributed by atoms with Crippen LogP contribution in [0, 0.1) is 5.92 Å². The summed E-state index contributed by atoms with van der Waals surface area (Å²) in [5.41, 5.74) is 0. The summed E-state index contributed by atoms with van der Waals surface area (Å²) < 4.78 is 5.47. The lowest BCUT2D eigenvalue weighted by Crippen LogP contribution is -2.44. The first-order chi connectivity index (χ1) is 7.15. The Bertz CT molecular complexity index is 209. The van der Waals surface area contributed by atoms with E-state index < -0.39 is 0 Å². The highest BCUT2D eigenvalue weighted by Crippen LogP contribution is 2.19. The van der Waals surface area contributed by atoms with E-state index in [2.05, 4.69) is 17.6 Å². The van der Waals surface area contributed by atoms with E-state index in [0.29, 0.717) is 18.6 Å². The smallest absolute Gasteiger partial charge is 0.236 e. The summed E-state index contributed by atoms with van der Waals surface area (Å²) in [7, 11) is 0. The number of ether oxygens (including phenoxy) is 1. The van der Waals surface area contributed by atoms with Crippen LogP contribution in [0.15, 0.2) is 0 Å². The zero-order chi connectivity index (χ0) is 11.3. The van der Waals surface area contributed by atoms with Crippen LogP contribution in [-0.2, 0) is 9.53 Å². The van der Waals surface area contributed by atoms with E-state index in [1.165, 1.54) is 0 Å². The predicted molar refractivity (Wildman–Crippen MR) is 59.7 cm³/mol. The van der Waals surface area contributed by atoms with Gasteiger partial charge in [-0.2, -0.15) is 0 Å². The van der Waals surface area contributed by atoms with E-state index in [-0.39, 0.29) is 11.9 Å². The number of hydrogen-bond donors (Lipinski definition) is 2. The van der Waals surface area contributed by atoms with E-state index in [1.807, 2.05) is 13.8 Å². The molecule has 1 saturated heterocycles. The number of likely N-dealkylation sites (N-methyl/N-ethyl adjacent to an activating group) is 1. The molecule has 3 atom stereocenters. The molecule has 4 nitrogen and oxygen atoms in total. The average molecular weight is 214 g/mol. The SMILES string of the molecule is CCNC(=O)C(C)NCC1CCOC1C. The van der Waals surface area contributed by atoms with Crippen molar-refractivity contribution in [2.24, 2.45) is 5.92 Å². The Morgan fingerprint density at radius 1 is 1.60 bits per heavy atom. The Hall–Kier alpha value is -0.610. The second kappa shape index (κ2) is 6.08. The van der Waals surface area contributed by atoms with Gasteiger partial charge in [0.15, 0.2) is 0 Å². The molecule has 0 aromatic heterocycles. The van der Waals surface area contributed by atoms with Gasteiger partial charge in [-0.25, -0.2) is 0 Å². The minimum Gasteiger partial charge on any atom is -0.378 e. The molecule has 1 aliphatic heterocycles. The fraction of sp³-hybridized carbons (Fsp3) is 0.909. The van der Waals surface area contributed by atoms with Crippen molar-refractivity contribution >= 4 is 5.91 Å². The van der Waals surface area contributed by atoms with Gasteiger partial charge in [-0.1, -0.05) is 0 Å². The summed E-state index contributed by atoms with van der Waals surface area (Å²) in [5, 5.41) is 6.05. The van der Waals surface area contributed by atoms with Crippen LogP contribution < -0.4 is 10.6 Å². The molecule has 1 rings (SSSR count). The van der Waals surface area contributed by atoms with Crippen LogP contribution in [0.4, 0.5) is 0 Å². The average Bonchev–Trinajstić information content (AvgIpc) is 2.61. The van der Waals surface area contributed by atoms with Gasteiger partial charge < -0.3 is 15.4 Å². The van der Waals surface area contributed by atoms with Crippen LogP contribution in [0.5, 0.6) is 0 Å². The molecule has 1 aliphatic rings. The van der Waals surface area contributed by atoms with Crippen LogP contribution in [0.2, 0.25) is 0 Å². The standard InChI is InChI=1S/C11H22N2O2/c1-4-12-11(14)8(2)13-7-10-5-6-15-9(10)3/h8-10,13H,4-7H2,1-3H3,(H,12,14). The number of rotatable bonds is 5. The zero-order valence-electron chi connectivity index (χ0n) is 9.88. The first-order valence-electron chi connectivity index (χ1n) is 5.77. The van der Waals surface area contributed by atoms with E-state index in [1.54, 1.807) is 0 Å². The highest BCUT2D eigenvalue weighted by atomic mass is 16.5. The normalized spacial score (nSPS) is 27.7. The molecular weight excluding hydrogens is 192 g/mol. The Kier molecular flexibility index (Phi) is 5.05. The van der Waals surface area contributed by atoms with Crippen molar-refractivity contribution in [2.45, 2.75) is 39.3 Å². The minimum atomic E-state index is -0.113. The van der Waals surface area contributed by atoms with Crippen LogP contribution in [0.3, 0.4) is 0 Å². The minimum absolute atomic E-state index is 0.0732. The lowest BCUT2D eigenvalue weighted by Gasteiger charge is -2.18. The van der Waals surface area contributed by atoms with Gasteiger partial charge in [-0.3, -0.25) is 4.79 Å². The van der Waals surface area contributed by atoms with Gasteiger partial charge in [-0.15, -0.1) is 0 Å². The van der Waals surface area contributed by atoms with Gasteiger partial charge in [0.25, 0.3) is 0 Å². The Balaban J connectivity index is 2.21. The largest absolute Gasteiger partial charge is 0.378 e. The number of nitrogens with one attached hydrogen (secondary N) is 2. The van der Waals surface area contributed by atoms with Gasteiger partial charge in [0, 0.05) is 19.7 Å². The maximum Gasteiger partial charge on any atom is 0.236 e. The highest BCUT2D eigenvalue weighted by molar-refractivity contribution is 5.81. The highest BCUT2D eigenvalue weighted by Gasteiger charge is 2.24. The molecule has 0 saturated carbocycles. The molecule has 1 heterocycles. The lowest BCUT2D eigenvalue weighted by atomic mass is 10.0. The lowest BCUT2D eigenvalue weighted by molar-refractivity contribution is -0.122. The Morgan fingerprint density at radius 2 is 2.33 bits per heavy atom. The van der Waals surface area contributed by atoms with Gasteiger partial charge >= 0.3 is 0 Å². The molecule has 0 aromatic carbocycles. The molecular formula is C11H22N2O2. The first kappa shape index (κ1) is 12.5. The van der Waals surface area contributed by atoms with Crippen LogP contribution in [-0.4, -0.2) is 37.7 Å². The van der Waals surface area contributed by atoms with Crippen LogP contribution in [0.25, 0.3) is 0 Å². The van der Waals surface area contributed by atoms with Crippen molar-refractivity contribution in [1.82, 2.24) is 10.6 Å². The Morgan fingerprint density at radius 3 is 2.87 bits per heavy atom. The maximum absolute atomic E-state index is 11.4. The topological polar surface area (TPSA) is 50.4 Å². The summed E-state index contributed by atoms with van der Waals surface area (Å²) in [5.74, 6) is 0.617. The van der Waals surface area contributed by atoms with Gasteiger partial charge in [0.1, 0.15) is 0 Å². The fourth-order valence-electron chi connectivity index (χ4n) is 1.79. The van der Waals surface area contributed by atoms with Crippen LogP contribution in [0.1, 0.15) is 27.2 Å². The quantitative estimate of drug-likeness (QED) is 0.701. The van der Waals surface area contributed by atoms with Crippen molar-refractivity contribution in [2.75, 3.05) is 19.7 Å². The van der Waals surface area contributed by atoms with Crippen molar-refractivity contribution in [3.05, 3.63) is 0 Å². The van der Waals surface area contributed by atoms with E-state index in [9.17, 15) is 4.79 Å². The van der Waals surface area contributed by atoms with Gasteiger partial charge in [0.2, 0.25) is 5.91 Å². The number of hydrogen-bond acceptors (Lipinski definition) is 3. The third kappa shape index (κ3) is 3.80. The third-order valence-electron chi connectivity index (χ3n) is 2.96. The molecule has 4 heteroatoms. The molecule has 0 spiro atoms.